The molecule has 3 heterocycles. The fourth-order valence-corrected chi connectivity index (χ4v) is 10.2. The van der Waals surface area contributed by atoms with Crippen molar-refractivity contribution in [3.63, 3.8) is 0 Å². The van der Waals surface area contributed by atoms with Gasteiger partial charge in [-0.25, -0.2) is 0 Å². The van der Waals surface area contributed by atoms with Crippen LogP contribution in [-0.2, 0) is 23.7 Å². The van der Waals surface area contributed by atoms with Crippen molar-refractivity contribution in [1.29, 1.82) is 0 Å². The predicted octanol–water partition coefficient (Wildman–Crippen LogP) is 6.30. The van der Waals surface area contributed by atoms with Gasteiger partial charge in [0.1, 0.15) is 6.10 Å². The molecule has 206 valence electrons. The second-order valence-electron chi connectivity index (χ2n) is 15.6. The minimum Gasteiger partial charge on any atom is -0.461 e. The molecule has 0 N–H and O–H groups in total. The van der Waals surface area contributed by atoms with Crippen molar-refractivity contribution in [2.75, 3.05) is 6.61 Å². The molecule has 0 aromatic carbocycles. The number of carbonyl (C=O) groups excluding carboxylic acids is 1. The Kier molecular flexibility index (Phi) is 5.32. The van der Waals surface area contributed by atoms with Gasteiger partial charge < -0.3 is 18.9 Å². The highest BCUT2D eigenvalue weighted by molar-refractivity contribution is 5.75. The van der Waals surface area contributed by atoms with Gasteiger partial charge in [-0.2, -0.15) is 0 Å². The summed E-state index contributed by atoms with van der Waals surface area (Å²) in [6.45, 7) is 16.3. The van der Waals surface area contributed by atoms with Crippen molar-refractivity contribution in [2.24, 2.45) is 51.8 Å². The van der Waals surface area contributed by atoms with E-state index in [0.717, 1.165) is 31.8 Å². The second kappa shape index (κ2) is 7.85. The third-order valence-corrected chi connectivity index (χ3v) is 12.5. The van der Waals surface area contributed by atoms with E-state index in [9.17, 15) is 4.79 Å². The molecule has 0 amide bonds. The first kappa shape index (κ1) is 25.1. The van der Waals surface area contributed by atoms with Crippen LogP contribution < -0.4 is 0 Å². The van der Waals surface area contributed by atoms with Crippen molar-refractivity contribution >= 4 is 5.97 Å². The Hall–Kier alpha value is -0.910. The molecule has 7 rings (SSSR count). The average Bonchev–Trinajstić information content (AvgIpc) is 3.42. The Morgan fingerprint density at radius 1 is 1.08 bits per heavy atom. The first-order valence-corrected chi connectivity index (χ1v) is 15.3. The van der Waals surface area contributed by atoms with Crippen LogP contribution in [0.3, 0.4) is 0 Å². The first-order valence-electron chi connectivity index (χ1n) is 15.3. The number of hydrogen-bond acceptors (Lipinski definition) is 5. The zero-order valence-electron chi connectivity index (χ0n) is 24.0. The molecule has 5 heteroatoms. The molecule has 0 unspecified atom stereocenters. The normalized spacial score (nSPS) is 55.9. The predicted molar refractivity (Wildman–Crippen MR) is 140 cm³/mol. The molecule has 0 aromatic heterocycles. The Balaban J connectivity index is 1.27. The van der Waals surface area contributed by atoms with Gasteiger partial charge in [0.05, 0.1) is 30.3 Å². The summed E-state index contributed by atoms with van der Waals surface area (Å²) >= 11 is 0. The molecule has 13 atom stereocenters. The van der Waals surface area contributed by atoms with Crippen molar-refractivity contribution in [1.82, 2.24) is 0 Å². The zero-order valence-corrected chi connectivity index (χ0v) is 24.0. The lowest BCUT2D eigenvalue weighted by molar-refractivity contribution is -0.265. The zero-order chi connectivity index (χ0) is 26.1. The summed E-state index contributed by atoms with van der Waals surface area (Å²) in [7, 11) is 0. The number of fused-ring (bicyclic) bond motifs is 8. The molecule has 0 bridgehead atoms. The van der Waals surface area contributed by atoms with Crippen LogP contribution >= 0.6 is 0 Å². The average molecular weight is 513 g/mol. The van der Waals surface area contributed by atoms with E-state index in [-0.39, 0.29) is 40.8 Å². The SMILES string of the molecule is C[C@H]1CC[C@@]2(OC1)O[C@H]1C=C3[C@@H]4CC[C@H]5C[C@H]6O[C@H]6C[C@]5(C)[C@H]4C[C@H](OC(=O)C(C)(C)C)[C@]3(C)[C@H]1[C@@H]2C. The number of esters is 1. The summed E-state index contributed by atoms with van der Waals surface area (Å²) in [6, 6.07) is 0. The molecule has 0 radical (unpaired) electrons. The number of hydrogen-bond donors (Lipinski definition) is 0. The topological polar surface area (TPSA) is 57.3 Å². The molecule has 3 saturated heterocycles. The molecule has 4 aliphatic carbocycles. The monoisotopic (exact) mass is 512 g/mol. The quantitative estimate of drug-likeness (QED) is 0.234. The Labute approximate surface area is 223 Å². The molecule has 0 aromatic rings. The maximum absolute atomic E-state index is 13.4. The third-order valence-electron chi connectivity index (χ3n) is 12.5. The number of carbonyl (C=O) groups is 1. The number of epoxide rings is 1. The van der Waals surface area contributed by atoms with E-state index in [1.54, 1.807) is 0 Å². The highest BCUT2D eigenvalue weighted by Gasteiger charge is 2.70. The summed E-state index contributed by atoms with van der Waals surface area (Å²) in [5.41, 5.74) is 1.06. The number of ether oxygens (including phenoxy) is 4. The highest BCUT2D eigenvalue weighted by Crippen LogP contribution is 2.71. The van der Waals surface area contributed by atoms with Crippen LogP contribution in [0.4, 0.5) is 0 Å². The minimum absolute atomic E-state index is 0.0472. The number of rotatable bonds is 1. The van der Waals surface area contributed by atoms with Crippen LogP contribution in [0, 0.1) is 51.8 Å². The molecule has 7 aliphatic rings. The first-order chi connectivity index (χ1) is 17.4. The van der Waals surface area contributed by atoms with E-state index in [1.807, 2.05) is 20.8 Å². The van der Waals surface area contributed by atoms with Gasteiger partial charge in [-0.3, -0.25) is 4.79 Å². The van der Waals surface area contributed by atoms with Crippen LogP contribution in [0.5, 0.6) is 0 Å². The van der Waals surface area contributed by atoms with Crippen molar-refractivity contribution in [3.8, 4) is 0 Å². The van der Waals surface area contributed by atoms with Crippen LogP contribution in [0.25, 0.3) is 0 Å². The van der Waals surface area contributed by atoms with Gasteiger partial charge in [-0.15, -0.1) is 0 Å². The second-order valence-corrected chi connectivity index (χ2v) is 15.6. The summed E-state index contributed by atoms with van der Waals surface area (Å²) in [6.07, 6.45) is 11.4. The van der Waals surface area contributed by atoms with Gasteiger partial charge in [0.2, 0.25) is 0 Å². The van der Waals surface area contributed by atoms with E-state index in [1.165, 1.54) is 31.3 Å². The van der Waals surface area contributed by atoms with Crippen LogP contribution in [-0.4, -0.2) is 42.8 Å². The summed E-state index contributed by atoms with van der Waals surface area (Å²) in [5, 5.41) is 0. The fourth-order valence-electron chi connectivity index (χ4n) is 10.2. The standard InChI is InChI=1S/C32H48O5/c1-17-10-11-32(34-16-17)18(2)27-24(37-32)13-22-20-9-8-19-12-23-25(35-23)15-30(19,6)21(20)14-26(31(22,27)7)36-28(33)29(3,4)5/h13,17-21,23-27H,8-12,14-16H2,1-7H3/t17-,18-,19-,20+,21-,23+,24-,25-,26-,27-,30-,31+,32+/m0/s1. The molecule has 37 heavy (non-hydrogen) atoms. The molecular weight excluding hydrogens is 464 g/mol. The van der Waals surface area contributed by atoms with E-state index in [2.05, 4.69) is 33.8 Å². The molecule has 5 nitrogen and oxygen atoms in total. The van der Waals surface area contributed by atoms with Gasteiger partial charge >= 0.3 is 5.97 Å². The van der Waals surface area contributed by atoms with Crippen molar-refractivity contribution in [3.05, 3.63) is 11.6 Å². The van der Waals surface area contributed by atoms with Crippen LogP contribution in [0.2, 0.25) is 0 Å². The molecule has 1 spiro atoms. The minimum atomic E-state index is -0.518. The third kappa shape index (κ3) is 3.41. The molecule has 3 saturated carbocycles. The smallest absolute Gasteiger partial charge is 0.311 e. The summed E-state index contributed by atoms with van der Waals surface area (Å²) in [4.78, 5) is 13.4. The van der Waals surface area contributed by atoms with Gasteiger partial charge in [0, 0.05) is 23.7 Å². The van der Waals surface area contributed by atoms with Crippen molar-refractivity contribution in [2.45, 2.75) is 124 Å². The van der Waals surface area contributed by atoms with Crippen LogP contribution in [0.1, 0.15) is 93.4 Å². The Morgan fingerprint density at radius 3 is 2.57 bits per heavy atom. The van der Waals surface area contributed by atoms with Gasteiger partial charge in [-0.1, -0.05) is 39.3 Å². The van der Waals surface area contributed by atoms with Gasteiger partial charge in [0.25, 0.3) is 0 Å². The van der Waals surface area contributed by atoms with Gasteiger partial charge in [-0.05, 0) is 88.4 Å². The van der Waals surface area contributed by atoms with E-state index in [0.29, 0.717) is 30.0 Å². The lowest BCUT2D eigenvalue weighted by Crippen LogP contribution is -2.58. The van der Waals surface area contributed by atoms with E-state index in [4.69, 9.17) is 18.9 Å². The Morgan fingerprint density at radius 2 is 1.86 bits per heavy atom. The maximum Gasteiger partial charge on any atom is 0.311 e. The van der Waals surface area contributed by atoms with E-state index >= 15 is 0 Å². The van der Waals surface area contributed by atoms with E-state index < -0.39 is 11.2 Å². The molecule has 6 fully saturated rings. The lowest BCUT2D eigenvalue weighted by atomic mass is 9.45. The highest BCUT2D eigenvalue weighted by atomic mass is 16.7. The van der Waals surface area contributed by atoms with Crippen molar-refractivity contribution < 1.29 is 23.7 Å². The summed E-state index contributed by atoms with van der Waals surface area (Å²) < 4.78 is 26.1. The van der Waals surface area contributed by atoms with Gasteiger partial charge in [0.15, 0.2) is 5.79 Å². The largest absolute Gasteiger partial charge is 0.461 e. The molecule has 3 aliphatic heterocycles. The van der Waals surface area contributed by atoms with Crippen LogP contribution in [0.15, 0.2) is 11.6 Å². The fraction of sp³-hybridized carbons (Fsp3) is 0.906. The Bertz CT molecular complexity index is 1000. The summed E-state index contributed by atoms with van der Waals surface area (Å²) in [5.74, 6) is 2.36. The lowest BCUT2D eigenvalue weighted by Gasteiger charge is -2.60. The maximum atomic E-state index is 13.4. The molecular formula is C32H48O5.